The van der Waals surface area contributed by atoms with Gasteiger partial charge in [0.1, 0.15) is 0 Å². The van der Waals surface area contributed by atoms with Crippen molar-refractivity contribution in [1.29, 1.82) is 0 Å². The lowest BCUT2D eigenvalue weighted by Crippen LogP contribution is -2.07. The molecular formula is C18H18F4N3O4S+. The van der Waals surface area contributed by atoms with Gasteiger partial charge in [-0.1, -0.05) is 11.8 Å². The molecule has 2 aromatic heterocycles. The summed E-state index contributed by atoms with van der Waals surface area (Å²) in [6.07, 6.45) is 1.54. The monoisotopic (exact) mass is 448 g/mol. The summed E-state index contributed by atoms with van der Waals surface area (Å²) in [5.41, 5.74) is 2.10. The molecule has 0 unspecified atom stereocenters. The summed E-state index contributed by atoms with van der Waals surface area (Å²) in [5.74, 6) is 0.432. The topological polar surface area (TPSA) is 78.5 Å². The van der Waals surface area contributed by atoms with Crippen LogP contribution in [-0.2, 0) is 5.75 Å². The fourth-order valence-corrected chi connectivity index (χ4v) is 3.64. The van der Waals surface area contributed by atoms with Crippen LogP contribution in [0.3, 0.4) is 0 Å². The van der Waals surface area contributed by atoms with Gasteiger partial charge in [0, 0.05) is 23.4 Å². The second-order valence-electron chi connectivity index (χ2n) is 5.84. The standard InChI is InChI=1S/C18H17F4N3O4S/c1-8-11(23-6-14(26-2)15(8)27-3)7-30-18-24-9-4-12(28-16(19)20)13(29-17(21)22)5-10(9)25-18/h4-6,16-17H,7H2,1-3H3,(H,24,25)/p+1. The third kappa shape index (κ3) is 4.81. The number of hydrogen-bond donors (Lipinski definition) is 1. The molecule has 0 amide bonds. The van der Waals surface area contributed by atoms with E-state index in [4.69, 9.17) is 9.47 Å². The van der Waals surface area contributed by atoms with Crippen molar-refractivity contribution in [3.63, 3.8) is 0 Å². The van der Waals surface area contributed by atoms with Crippen molar-refractivity contribution < 1.29 is 37.9 Å². The third-order valence-electron chi connectivity index (χ3n) is 4.06. The van der Waals surface area contributed by atoms with Crippen LogP contribution in [0.2, 0.25) is 0 Å². The van der Waals surface area contributed by atoms with Gasteiger partial charge in [-0.25, -0.2) is 4.98 Å². The number of ether oxygens (including phenoxy) is 4. The average Bonchev–Trinajstić information content (AvgIpc) is 3.07. The van der Waals surface area contributed by atoms with Gasteiger partial charge in [-0.05, 0) is 6.92 Å². The Labute approximate surface area is 174 Å². The molecule has 2 heterocycles. The van der Waals surface area contributed by atoms with Crippen LogP contribution < -0.4 is 18.9 Å². The third-order valence-corrected chi connectivity index (χ3v) is 4.95. The highest BCUT2D eigenvalue weighted by Crippen LogP contribution is 2.36. The molecule has 0 aliphatic rings. The number of nitrogens with one attached hydrogen (secondary N) is 1. The fourth-order valence-electron chi connectivity index (χ4n) is 2.73. The van der Waals surface area contributed by atoms with Crippen molar-refractivity contribution in [1.82, 2.24) is 15.0 Å². The summed E-state index contributed by atoms with van der Waals surface area (Å²) in [6.45, 7) is -4.56. The second-order valence-corrected chi connectivity index (χ2v) is 6.80. The minimum atomic E-state index is -3.20. The lowest BCUT2D eigenvalue weighted by molar-refractivity contribution is -0.0690. The molecule has 0 fully saturated rings. The van der Waals surface area contributed by atoms with Crippen LogP contribution in [0.1, 0.15) is 12.7 Å². The highest BCUT2D eigenvalue weighted by atomic mass is 32.2. The number of halogens is 4. The van der Waals surface area contributed by atoms with Gasteiger partial charge in [-0.15, -0.1) is 0 Å². The van der Waals surface area contributed by atoms with Gasteiger partial charge in [0.25, 0.3) is 0 Å². The van der Waals surface area contributed by atoms with Crippen LogP contribution in [-0.4, -0.2) is 42.4 Å². The Morgan fingerprint density at radius 1 is 1.03 bits per heavy atom. The van der Waals surface area contributed by atoms with E-state index in [2.05, 4.69) is 24.4 Å². The van der Waals surface area contributed by atoms with Crippen LogP contribution in [0.25, 0.3) is 11.0 Å². The van der Waals surface area contributed by atoms with Crippen LogP contribution in [0, 0.1) is 6.92 Å². The molecular weight excluding hydrogens is 430 g/mol. The van der Waals surface area contributed by atoms with E-state index in [0.717, 1.165) is 23.4 Å². The molecule has 0 saturated carbocycles. The number of benzene rings is 1. The Hall–Kier alpha value is -2.89. The van der Waals surface area contributed by atoms with Crippen LogP contribution in [0.5, 0.6) is 23.0 Å². The maximum Gasteiger partial charge on any atom is 1.00 e. The Morgan fingerprint density at radius 2 is 1.70 bits per heavy atom. The summed E-state index contributed by atoms with van der Waals surface area (Å²) in [5, 5.41) is 0.429. The quantitative estimate of drug-likeness (QED) is 0.369. The zero-order valence-corrected chi connectivity index (χ0v) is 16.9. The van der Waals surface area contributed by atoms with Crippen molar-refractivity contribution in [2.24, 2.45) is 0 Å². The van der Waals surface area contributed by atoms with Crippen molar-refractivity contribution >= 4 is 22.8 Å². The van der Waals surface area contributed by atoms with E-state index in [-0.39, 0.29) is 6.94 Å². The maximum absolute atomic E-state index is 12.6. The molecule has 3 aromatic rings. The molecule has 1 aromatic carbocycles. The SMILES string of the molecule is COc1cnc(CSc2nc3cc(OC(F)F)c(OC(F)F)cc3[nH]2)c(C)c1OC.[H+]. The van der Waals surface area contributed by atoms with E-state index in [1.807, 2.05) is 6.92 Å². The van der Waals surface area contributed by atoms with Gasteiger partial charge in [0.15, 0.2) is 28.2 Å². The molecule has 0 spiro atoms. The first kappa shape index (κ1) is 21.8. The zero-order valence-electron chi connectivity index (χ0n) is 17.0. The largest absolute Gasteiger partial charge is 1.00 e. The van der Waals surface area contributed by atoms with E-state index < -0.39 is 24.7 Å². The molecule has 162 valence electrons. The molecule has 3 rings (SSSR count). The molecule has 12 heteroatoms. The van der Waals surface area contributed by atoms with Gasteiger partial charge in [0.05, 0.1) is 37.1 Å². The van der Waals surface area contributed by atoms with Gasteiger partial charge in [0.2, 0.25) is 0 Å². The van der Waals surface area contributed by atoms with Crippen molar-refractivity contribution in [3.05, 3.63) is 29.6 Å². The zero-order chi connectivity index (χ0) is 21.8. The van der Waals surface area contributed by atoms with Gasteiger partial charge >= 0.3 is 14.6 Å². The minimum absolute atomic E-state index is 0. The van der Waals surface area contributed by atoms with E-state index in [1.165, 1.54) is 26.0 Å². The lowest BCUT2D eigenvalue weighted by Gasteiger charge is -2.12. The van der Waals surface area contributed by atoms with E-state index in [9.17, 15) is 17.6 Å². The Morgan fingerprint density at radius 3 is 2.30 bits per heavy atom. The molecule has 0 atom stereocenters. The van der Waals surface area contributed by atoms with Crippen LogP contribution >= 0.6 is 11.8 Å². The number of aromatic nitrogens is 3. The van der Waals surface area contributed by atoms with E-state index in [1.54, 1.807) is 6.20 Å². The summed E-state index contributed by atoms with van der Waals surface area (Å²) in [7, 11) is 3.04. The Kier molecular flexibility index (Phi) is 6.75. The van der Waals surface area contributed by atoms with Gasteiger partial charge in [-0.2, -0.15) is 17.6 Å². The molecule has 30 heavy (non-hydrogen) atoms. The minimum Gasteiger partial charge on any atom is -0.492 e. The van der Waals surface area contributed by atoms with Crippen LogP contribution in [0.15, 0.2) is 23.5 Å². The molecule has 0 bridgehead atoms. The van der Waals surface area contributed by atoms with Crippen LogP contribution in [0.4, 0.5) is 17.6 Å². The first-order valence-electron chi connectivity index (χ1n) is 8.45. The van der Waals surface area contributed by atoms with Gasteiger partial charge < -0.3 is 23.9 Å². The highest BCUT2D eigenvalue weighted by Gasteiger charge is 2.18. The average molecular weight is 448 g/mol. The van der Waals surface area contributed by atoms with Gasteiger partial charge in [-0.3, -0.25) is 4.98 Å². The molecule has 0 aliphatic heterocycles. The first-order valence-corrected chi connectivity index (χ1v) is 9.43. The maximum atomic E-state index is 12.6. The van der Waals surface area contributed by atoms with E-state index in [0.29, 0.717) is 27.9 Å². The summed E-state index contributed by atoms with van der Waals surface area (Å²) < 4.78 is 69.4. The summed E-state index contributed by atoms with van der Waals surface area (Å²) in [6, 6.07) is 2.25. The number of imidazole rings is 1. The number of aromatic amines is 1. The summed E-state index contributed by atoms with van der Waals surface area (Å²) in [4.78, 5) is 11.6. The van der Waals surface area contributed by atoms with Crippen molar-refractivity contribution in [3.8, 4) is 23.0 Å². The predicted octanol–water partition coefficient (Wildman–Crippen LogP) is 4.89. The van der Waals surface area contributed by atoms with E-state index >= 15 is 0 Å². The lowest BCUT2D eigenvalue weighted by atomic mass is 10.2. The number of alkyl halides is 4. The number of thioether (sulfide) groups is 1. The molecule has 0 aliphatic carbocycles. The van der Waals surface area contributed by atoms with Crippen molar-refractivity contribution in [2.75, 3.05) is 14.2 Å². The molecule has 1 N–H and O–H groups in total. The first-order chi connectivity index (χ1) is 14.3. The summed E-state index contributed by atoms with van der Waals surface area (Å²) >= 11 is 1.28. The number of hydrogen-bond acceptors (Lipinski definition) is 7. The number of rotatable bonds is 9. The normalized spacial score (nSPS) is 11.4. The highest BCUT2D eigenvalue weighted by molar-refractivity contribution is 7.98. The molecule has 0 saturated heterocycles. The number of H-pyrrole nitrogens is 1. The number of pyridine rings is 1. The predicted molar refractivity (Wildman–Crippen MR) is 102 cm³/mol. The second kappa shape index (κ2) is 9.28. The number of nitrogens with zero attached hydrogens (tertiary/aromatic N) is 2. The number of fused-ring (bicyclic) bond motifs is 1. The number of methoxy groups -OCH3 is 2. The fraction of sp³-hybridized carbons (Fsp3) is 0.333. The molecule has 7 nitrogen and oxygen atoms in total. The Balaban J connectivity index is 0.00000341. The smallest absolute Gasteiger partial charge is 0.492 e. The molecule has 0 radical (unpaired) electrons. The Bertz CT molecular complexity index is 992. The van der Waals surface area contributed by atoms with Crippen molar-refractivity contribution in [2.45, 2.75) is 31.1 Å².